The van der Waals surface area contributed by atoms with Crippen LogP contribution in [-0.2, 0) is 20.6 Å². The minimum atomic E-state index is -3.43. The van der Waals surface area contributed by atoms with Gasteiger partial charge in [0, 0.05) is 29.3 Å². The van der Waals surface area contributed by atoms with E-state index in [0.29, 0.717) is 46.9 Å². The molecule has 1 aliphatic rings. The summed E-state index contributed by atoms with van der Waals surface area (Å²) in [4.78, 5) is 12.5. The molecule has 2 aromatic rings. The van der Waals surface area contributed by atoms with Crippen LogP contribution in [0.4, 0.5) is 5.13 Å². The molecule has 1 saturated heterocycles. The molecule has 0 spiro atoms. The number of thioether (sulfide) groups is 1. The zero-order valence-electron chi connectivity index (χ0n) is 16.2. The first-order valence-electron chi connectivity index (χ1n) is 9.26. The lowest BCUT2D eigenvalue weighted by Gasteiger charge is -2.30. The number of halogens is 1. The Morgan fingerprint density at radius 1 is 1.28 bits per heavy atom. The van der Waals surface area contributed by atoms with Crippen molar-refractivity contribution in [2.75, 3.05) is 18.4 Å². The molecule has 2 heterocycles. The summed E-state index contributed by atoms with van der Waals surface area (Å²) >= 11 is 8.80. The number of piperidine rings is 1. The fourth-order valence-corrected chi connectivity index (χ4v) is 6.66. The number of rotatable bonds is 7. The average Bonchev–Trinajstić information content (AvgIpc) is 3.09. The van der Waals surface area contributed by atoms with Gasteiger partial charge in [-0.25, -0.2) is 12.7 Å². The molecular formula is C18H23ClN4O3S3. The van der Waals surface area contributed by atoms with Crippen LogP contribution in [0.3, 0.4) is 0 Å². The van der Waals surface area contributed by atoms with E-state index in [2.05, 4.69) is 29.4 Å². The second-order valence-corrected chi connectivity index (χ2v) is 12.3. The number of benzene rings is 1. The number of amides is 1. The summed E-state index contributed by atoms with van der Waals surface area (Å²) in [7, 11) is -3.43. The Bertz CT molecular complexity index is 940. The Labute approximate surface area is 184 Å². The molecular weight excluding hydrogens is 452 g/mol. The van der Waals surface area contributed by atoms with Gasteiger partial charge in [0.1, 0.15) is 0 Å². The SMILES string of the molecule is CC(C)Sc1nnc(NC(=O)C2CCN(S(=O)(=O)Cc3ccc(Cl)cc3)CC2)s1. The van der Waals surface area contributed by atoms with Crippen LogP contribution in [0.25, 0.3) is 0 Å². The van der Waals surface area contributed by atoms with Crippen LogP contribution in [0.2, 0.25) is 5.02 Å². The summed E-state index contributed by atoms with van der Waals surface area (Å²) in [6.07, 6.45) is 0.968. The molecule has 29 heavy (non-hydrogen) atoms. The fraction of sp³-hybridized carbons (Fsp3) is 0.500. The Hall–Kier alpha value is -1.20. The predicted molar refractivity (Wildman–Crippen MR) is 118 cm³/mol. The van der Waals surface area contributed by atoms with E-state index in [1.807, 2.05) is 0 Å². The van der Waals surface area contributed by atoms with E-state index >= 15 is 0 Å². The maximum absolute atomic E-state index is 12.7. The molecule has 0 aliphatic carbocycles. The highest BCUT2D eigenvalue weighted by molar-refractivity contribution is 8.01. The number of sulfonamides is 1. The lowest BCUT2D eigenvalue weighted by Crippen LogP contribution is -2.41. The third kappa shape index (κ3) is 6.39. The van der Waals surface area contributed by atoms with E-state index in [4.69, 9.17) is 11.6 Å². The van der Waals surface area contributed by atoms with Gasteiger partial charge in [-0.1, -0.05) is 60.7 Å². The third-order valence-electron chi connectivity index (χ3n) is 4.45. The van der Waals surface area contributed by atoms with Crippen LogP contribution >= 0.6 is 34.7 Å². The van der Waals surface area contributed by atoms with Gasteiger partial charge in [0.25, 0.3) is 0 Å². The van der Waals surface area contributed by atoms with Gasteiger partial charge in [0.05, 0.1) is 5.75 Å². The van der Waals surface area contributed by atoms with Crippen molar-refractivity contribution >= 4 is 55.8 Å². The largest absolute Gasteiger partial charge is 0.300 e. The predicted octanol–water partition coefficient (Wildman–Crippen LogP) is 3.87. The number of aromatic nitrogens is 2. The maximum Gasteiger partial charge on any atom is 0.229 e. The first-order valence-corrected chi connectivity index (χ1v) is 12.9. The zero-order valence-corrected chi connectivity index (χ0v) is 19.4. The molecule has 1 aromatic carbocycles. The standard InChI is InChI=1S/C18H23ClN4O3S3/c1-12(2)27-18-22-21-17(28-18)20-16(24)14-7-9-23(10-8-14)29(25,26)11-13-3-5-15(19)6-4-13/h3-6,12,14H,7-11H2,1-2H3,(H,20,21,24). The molecule has 1 N–H and O–H groups in total. The van der Waals surface area contributed by atoms with Gasteiger partial charge in [-0.05, 0) is 30.5 Å². The molecule has 1 fully saturated rings. The number of hydrogen-bond acceptors (Lipinski definition) is 7. The average molecular weight is 475 g/mol. The van der Waals surface area contributed by atoms with E-state index in [0.717, 1.165) is 4.34 Å². The van der Waals surface area contributed by atoms with Crippen molar-refractivity contribution < 1.29 is 13.2 Å². The summed E-state index contributed by atoms with van der Waals surface area (Å²) in [5, 5.41) is 12.3. The van der Waals surface area contributed by atoms with Gasteiger partial charge in [-0.2, -0.15) is 0 Å². The van der Waals surface area contributed by atoms with Gasteiger partial charge in [-0.15, -0.1) is 10.2 Å². The van der Waals surface area contributed by atoms with Crippen LogP contribution in [0.5, 0.6) is 0 Å². The van der Waals surface area contributed by atoms with Crippen molar-refractivity contribution in [3.63, 3.8) is 0 Å². The van der Waals surface area contributed by atoms with Gasteiger partial charge in [0.15, 0.2) is 4.34 Å². The highest BCUT2D eigenvalue weighted by Gasteiger charge is 2.31. The Kier molecular flexibility index (Phi) is 7.55. The quantitative estimate of drug-likeness (QED) is 0.483. The minimum Gasteiger partial charge on any atom is -0.300 e. The molecule has 158 valence electrons. The third-order valence-corrected chi connectivity index (χ3v) is 8.48. The van der Waals surface area contributed by atoms with E-state index in [1.54, 1.807) is 36.0 Å². The molecule has 1 aromatic heterocycles. The molecule has 0 bridgehead atoms. The van der Waals surface area contributed by atoms with E-state index < -0.39 is 10.0 Å². The zero-order chi connectivity index (χ0) is 21.0. The van der Waals surface area contributed by atoms with E-state index in [9.17, 15) is 13.2 Å². The van der Waals surface area contributed by atoms with Crippen molar-refractivity contribution in [3.05, 3.63) is 34.9 Å². The van der Waals surface area contributed by atoms with Gasteiger partial charge < -0.3 is 5.32 Å². The van der Waals surface area contributed by atoms with E-state index in [1.165, 1.54) is 15.6 Å². The summed E-state index contributed by atoms with van der Waals surface area (Å²) in [5.74, 6) is -0.429. The summed E-state index contributed by atoms with van der Waals surface area (Å²) in [6, 6.07) is 6.80. The van der Waals surface area contributed by atoms with Crippen molar-refractivity contribution in [2.45, 2.75) is 42.0 Å². The molecule has 0 atom stereocenters. The normalized spacial score (nSPS) is 16.3. The first kappa shape index (κ1) is 22.5. The van der Waals surface area contributed by atoms with Crippen molar-refractivity contribution in [1.82, 2.24) is 14.5 Å². The van der Waals surface area contributed by atoms with Crippen molar-refractivity contribution in [3.8, 4) is 0 Å². The van der Waals surface area contributed by atoms with Gasteiger partial charge >= 0.3 is 0 Å². The molecule has 0 saturated carbocycles. The number of nitrogens with zero attached hydrogens (tertiary/aromatic N) is 3. The van der Waals surface area contributed by atoms with E-state index in [-0.39, 0.29) is 17.6 Å². The van der Waals surface area contributed by atoms with Gasteiger partial charge in [0.2, 0.25) is 21.1 Å². The maximum atomic E-state index is 12.7. The number of carbonyl (C=O) groups is 1. The molecule has 1 aliphatic heterocycles. The summed E-state index contributed by atoms with van der Waals surface area (Å²) < 4.78 is 27.6. The van der Waals surface area contributed by atoms with Crippen LogP contribution in [0.1, 0.15) is 32.3 Å². The van der Waals surface area contributed by atoms with Crippen LogP contribution in [0, 0.1) is 5.92 Å². The Morgan fingerprint density at radius 3 is 2.55 bits per heavy atom. The highest BCUT2D eigenvalue weighted by Crippen LogP contribution is 2.29. The second-order valence-electron chi connectivity index (χ2n) is 7.08. The monoisotopic (exact) mass is 474 g/mol. The second kappa shape index (κ2) is 9.74. The molecule has 0 radical (unpaired) electrons. The fourth-order valence-electron chi connectivity index (χ4n) is 3.00. The molecule has 1 amide bonds. The highest BCUT2D eigenvalue weighted by atomic mass is 35.5. The lowest BCUT2D eigenvalue weighted by atomic mass is 9.97. The number of anilines is 1. The topological polar surface area (TPSA) is 92.3 Å². The van der Waals surface area contributed by atoms with Crippen LogP contribution in [-0.4, -0.2) is 47.2 Å². The molecule has 3 rings (SSSR count). The van der Waals surface area contributed by atoms with Gasteiger partial charge in [-0.3, -0.25) is 4.79 Å². The molecule has 7 nitrogen and oxygen atoms in total. The van der Waals surface area contributed by atoms with Crippen molar-refractivity contribution in [1.29, 1.82) is 0 Å². The number of hydrogen-bond donors (Lipinski definition) is 1. The van der Waals surface area contributed by atoms with Crippen LogP contribution in [0.15, 0.2) is 28.6 Å². The number of carbonyl (C=O) groups excluding carboxylic acids is 1. The smallest absolute Gasteiger partial charge is 0.229 e. The summed E-state index contributed by atoms with van der Waals surface area (Å²) in [6.45, 7) is 4.80. The first-order chi connectivity index (χ1) is 13.7. The Balaban J connectivity index is 1.52. The molecule has 11 heteroatoms. The summed E-state index contributed by atoms with van der Waals surface area (Å²) in [5.41, 5.74) is 0.695. The van der Waals surface area contributed by atoms with Crippen LogP contribution < -0.4 is 5.32 Å². The number of nitrogens with one attached hydrogen (secondary N) is 1. The lowest BCUT2D eigenvalue weighted by molar-refractivity contribution is -0.120. The minimum absolute atomic E-state index is 0.0673. The Morgan fingerprint density at radius 2 is 1.93 bits per heavy atom. The molecule has 0 unspecified atom stereocenters. The van der Waals surface area contributed by atoms with Crippen molar-refractivity contribution in [2.24, 2.45) is 5.92 Å².